The van der Waals surface area contributed by atoms with Crippen molar-refractivity contribution >= 4 is 5.91 Å². The van der Waals surface area contributed by atoms with Gasteiger partial charge >= 0.3 is 0 Å². The molecule has 0 radical (unpaired) electrons. The first-order valence-electron chi connectivity index (χ1n) is 7.72. The third-order valence-corrected chi connectivity index (χ3v) is 3.31. The second-order valence-corrected chi connectivity index (χ2v) is 5.76. The zero-order valence-electron chi connectivity index (χ0n) is 13.8. The van der Waals surface area contributed by atoms with Crippen LogP contribution in [0.5, 0.6) is 11.5 Å². The molecule has 0 aromatic heterocycles. The van der Waals surface area contributed by atoms with E-state index in [0.29, 0.717) is 24.6 Å². The van der Waals surface area contributed by atoms with Crippen molar-refractivity contribution in [1.29, 1.82) is 0 Å². The van der Waals surface area contributed by atoms with Crippen LogP contribution in [-0.2, 0) is 6.54 Å². The Morgan fingerprint density at radius 3 is 2.17 bits per heavy atom. The van der Waals surface area contributed by atoms with Crippen molar-refractivity contribution in [2.24, 2.45) is 5.92 Å². The average molecular weight is 313 g/mol. The van der Waals surface area contributed by atoms with Gasteiger partial charge in [-0.3, -0.25) is 4.79 Å². The average Bonchev–Trinajstić information content (AvgIpc) is 2.58. The molecule has 4 nitrogen and oxygen atoms in total. The van der Waals surface area contributed by atoms with Gasteiger partial charge in [-0.25, -0.2) is 0 Å². The van der Waals surface area contributed by atoms with Gasteiger partial charge in [-0.1, -0.05) is 26.0 Å². The fraction of sp³-hybridized carbons (Fsp3) is 0.316. The van der Waals surface area contributed by atoms with E-state index in [9.17, 15) is 4.79 Å². The second kappa shape index (κ2) is 8.22. The Morgan fingerprint density at radius 2 is 1.61 bits per heavy atom. The second-order valence-electron chi connectivity index (χ2n) is 5.76. The lowest BCUT2D eigenvalue weighted by atomic mass is 10.2. The van der Waals surface area contributed by atoms with Crippen molar-refractivity contribution in [2.75, 3.05) is 13.7 Å². The van der Waals surface area contributed by atoms with Gasteiger partial charge in [-0.15, -0.1) is 0 Å². The normalized spacial score (nSPS) is 10.4. The van der Waals surface area contributed by atoms with Crippen molar-refractivity contribution in [1.82, 2.24) is 5.32 Å². The minimum atomic E-state index is -0.101. The molecule has 0 bridgehead atoms. The Morgan fingerprint density at radius 1 is 1.00 bits per heavy atom. The summed E-state index contributed by atoms with van der Waals surface area (Å²) in [5, 5.41) is 2.90. The van der Waals surface area contributed by atoms with Gasteiger partial charge in [0.2, 0.25) is 0 Å². The molecular weight excluding hydrogens is 290 g/mol. The Kier molecular flexibility index (Phi) is 6.03. The maximum absolute atomic E-state index is 12.1. The fourth-order valence-electron chi connectivity index (χ4n) is 1.99. The highest BCUT2D eigenvalue weighted by Crippen LogP contribution is 2.14. The Labute approximate surface area is 137 Å². The van der Waals surface area contributed by atoms with E-state index >= 15 is 0 Å². The van der Waals surface area contributed by atoms with Crippen LogP contribution in [-0.4, -0.2) is 19.6 Å². The van der Waals surface area contributed by atoms with Gasteiger partial charge in [-0.05, 0) is 47.9 Å². The number of amides is 1. The number of hydrogen-bond acceptors (Lipinski definition) is 3. The Balaban J connectivity index is 1.87. The molecule has 1 N–H and O–H groups in total. The van der Waals surface area contributed by atoms with Crippen LogP contribution in [0.3, 0.4) is 0 Å². The summed E-state index contributed by atoms with van der Waals surface area (Å²) in [6, 6.07) is 14.8. The monoisotopic (exact) mass is 313 g/mol. The smallest absolute Gasteiger partial charge is 0.251 e. The number of hydrogen-bond donors (Lipinski definition) is 1. The number of nitrogens with one attached hydrogen (secondary N) is 1. The maximum atomic E-state index is 12.1. The van der Waals surface area contributed by atoms with Crippen molar-refractivity contribution in [2.45, 2.75) is 20.4 Å². The Hall–Kier alpha value is -2.49. The predicted molar refractivity (Wildman–Crippen MR) is 90.9 cm³/mol. The first-order chi connectivity index (χ1) is 11.1. The zero-order valence-corrected chi connectivity index (χ0v) is 13.8. The molecular formula is C19H23NO3. The van der Waals surface area contributed by atoms with Crippen LogP contribution >= 0.6 is 0 Å². The van der Waals surface area contributed by atoms with E-state index in [2.05, 4.69) is 19.2 Å². The molecule has 0 fully saturated rings. The lowest BCUT2D eigenvalue weighted by Crippen LogP contribution is -2.22. The van der Waals surface area contributed by atoms with E-state index in [1.54, 1.807) is 19.2 Å². The lowest BCUT2D eigenvalue weighted by Gasteiger charge is -2.10. The molecule has 0 aliphatic heterocycles. The summed E-state index contributed by atoms with van der Waals surface area (Å²) in [5.41, 5.74) is 1.64. The molecule has 0 spiro atoms. The molecule has 2 aromatic rings. The third kappa shape index (κ3) is 5.33. The van der Waals surface area contributed by atoms with E-state index in [0.717, 1.165) is 17.1 Å². The number of ether oxygens (including phenoxy) is 2. The van der Waals surface area contributed by atoms with Crippen LogP contribution in [0.1, 0.15) is 29.8 Å². The van der Waals surface area contributed by atoms with Crippen LogP contribution in [0.4, 0.5) is 0 Å². The van der Waals surface area contributed by atoms with Gasteiger partial charge in [0, 0.05) is 12.1 Å². The molecule has 0 heterocycles. The summed E-state index contributed by atoms with van der Waals surface area (Å²) in [7, 11) is 1.63. The number of methoxy groups -OCH3 is 1. The van der Waals surface area contributed by atoms with Gasteiger partial charge < -0.3 is 14.8 Å². The van der Waals surface area contributed by atoms with Crippen LogP contribution in [0.2, 0.25) is 0 Å². The number of carbonyl (C=O) groups is 1. The van der Waals surface area contributed by atoms with E-state index in [1.807, 2.05) is 36.4 Å². The van der Waals surface area contributed by atoms with Gasteiger partial charge in [-0.2, -0.15) is 0 Å². The quantitative estimate of drug-likeness (QED) is 0.848. The summed E-state index contributed by atoms with van der Waals surface area (Å²) >= 11 is 0. The number of benzene rings is 2. The van der Waals surface area contributed by atoms with Crippen LogP contribution in [0.25, 0.3) is 0 Å². The molecule has 122 valence electrons. The van der Waals surface area contributed by atoms with Crippen molar-refractivity contribution in [3.63, 3.8) is 0 Å². The first-order valence-corrected chi connectivity index (χ1v) is 7.72. The van der Waals surface area contributed by atoms with Crippen molar-refractivity contribution < 1.29 is 14.3 Å². The molecule has 0 saturated carbocycles. The largest absolute Gasteiger partial charge is 0.497 e. The molecule has 0 atom stereocenters. The minimum Gasteiger partial charge on any atom is -0.497 e. The van der Waals surface area contributed by atoms with Gasteiger partial charge in [0.25, 0.3) is 5.91 Å². The van der Waals surface area contributed by atoms with E-state index in [4.69, 9.17) is 9.47 Å². The van der Waals surface area contributed by atoms with E-state index in [1.165, 1.54) is 0 Å². The molecule has 0 saturated heterocycles. The third-order valence-electron chi connectivity index (χ3n) is 3.31. The molecule has 0 aliphatic carbocycles. The molecule has 1 amide bonds. The zero-order chi connectivity index (χ0) is 16.7. The Bertz CT molecular complexity index is 618. The molecule has 0 aliphatic rings. The van der Waals surface area contributed by atoms with Crippen LogP contribution in [0.15, 0.2) is 48.5 Å². The summed E-state index contributed by atoms with van der Waals surface area (Å²) < 4.78 is 10.7. The predicted octanol–water partition coefficient (Wildman–Crippen LogP) is 3.66. The highest BCUT2D eigenvalue weighted by atomic mass is 16.5. The first kappa shape index (κ1) is 16.9. The molecule has 2 rings (SSSR count). The molecule has 0 unspecified atom stereocenters. The minimum absolute atomic E-state index is 0.101. The van der Waals surface area contributed by atoms with Crippen molar-refractivity contribution in [3.05, 3.63) is 59.7 Å². The van der Waals surface area contributed by atoms with Crippen molar-refractivity contribution in [3.8, 4) is 11.5 Å². The molecule has 2 aromatic carbocycles. The SMILES string of the molecule is COc1ccc(CNC(=O)c2ccc(OCC(C)C)cc2)cc1. The fourth-order valence-corrected chi connectivity index (χ4v) is 1.99. The maximum Gasteiger partial charge on any atom is 0.251 e. The standard InChI is InChI=1S/C19H23NO3/c1-14(2)13-23-18-10-6-16(7-11-18)19(21)20-12-15-4-8-17(22-3)9-5-15/h4-11,14H,12-13H2,1-3H3,(H,20,21). The highest BCUT2D eigenvalue weighted by molar-refractivity contribution is 5.94. The molecule has 4 heteroatoms. The lowest BCUT2D eigenvalue weighted by molar-refractivity contribution is 0.0951. The van der Waals surface area contributed by atoms with Gasteiger partial charge in [0.15, 0.2) is 0 Å². The van der Waals surface area contributed by atoms with E-state index in [-0.39, 0.29) is 5.91 Å². The summed E-state index contributed by atoms with van der Waals surface area (Å²) in [6.45, 7) is 5.35. The van der Waals surface area contributed by atoms with E-state index < -0.39 is 0 Å². The van der Waals surface area contributed by atoms with Crippen LogP contribution < -0.4 is 14.8 Å². The number of rotatable bonds is 7. The molecule has 23 heavy (non-hydrogen) atoms. The summed E-state index contributed by atoms with van der Waals surface area (Å²) in [6.07, 6.45) is 0. The van der Waals surface area contributed by atoms with Gasteiger partial charge in [0.1, 0.15) is 11.5 Å². The summed E-state index contributed by atoms with van der Waals surface area (Å²) in [4.78, 5) is 12.1. The summed E-state index contributed by atoms with van der Waals surface area (Å²) in [5.74, 6) is 1.96. The highest BCUT2D eigenvalue weighted by Gasteiger charge is 2.06. The van der Waals surface area contributed by atoms with Crippen LogP contribution in [0, 0.1) is 5.92 Å². The topological polar surface area (TPSA) is 47.6 Å². The number of carbonyl (C=O) groups excluding carboxylic acids is 1. The van der Waals surface area contributed by atoms with Gasteiger partial charge in [0.05, 0.1) is 13.7 Å².